The lowest BCUT2D eigenvalue weighted by molar-refractivity contribution is 0.0633. The Morgan fingerprint density at radius 3 is 2.50 bits per heavy atom. The van der Waals surface area contributed by atoms with Crippen molar-refractivity contribution in [3.63, 3.8) is 0 Å². The molecule has 1 saturated heterocycles. The first kappa shape index (κ1) is 15.6. The van der Waals surface area contributed by atoms with Gasteiger partial charge in [-0.3, -0.25) is 9.69 Å². The zero-order valence-electron chi connectivity index (χ0n) is 12.9. The number of amides is 1. The average molecular weight is 325 g/mol. The van der Waals surface area contributed by atoms with Crippen LogP contribution in [-0.2, 0) is 9.84 Å². The second-order valence-electron chi connectivity index (χ2n) is 6.30. The summed E-state index contributed by atoms with van der Waals surface area (Å²) in [6.45, 7) is 3.37. The highest BCUT2D eigenvalue weighted by Gasteiger charge is 2.29. The molecule has 2 fully saturated rings. The molecule has 22 heavy (non-hydrogen) atoms. The Balaban J connectivity index is 1.54. The molecule has 0 unspecified atom stereocenters. The van der Waals surface area contributed by atoms with Crippen molar-refractivity contribution >= 4 is 15.7 Å². The standard InChI is InChI=1S/C15H23N3O3S/c1-22(20,21)12-11-16-7-9-17(10-8-16)15(19)14-3-2-6-18(14)13-4-5-13/h2-3,6,13H,4-5,7-12H2,1H3. The number of carbonyl (C=O) groups is 1. The van der Waals surface area contributed by atoms with E-state index < -0.39 is 9.84 Å². The van der Waals surface area contributed by atoms with E-state index in [-0.39, 0.29) is 11.7 Å². The summed E-state index contributed by atoms with van der Waals surface area (Å²) >= 11 is 0. The predicted molar refractivity (Wildman–Crippen MR) is 84.8 cm³/mol. The molecule has 2 heterocycles. The van der Waals surface area contributed by atoms with Crippen LogP contribution in [-0.4, -0.2) is 73.4 Å². The molecule has 7 heteroatoms. The highest BCUT2D eigenvalue weighted by molar-refractivity contribution is 7.90. The van der Waals surface area contributed by atoms with Gasteiger partial charge in [-0.05, 0) is 25.0 Å². The molecule has 0 N–H and O–H groups in total. The van der Waals surface area contributed by atoms with Crippen LogP contribution in [0.15, 0.2) is 18.3 Å². The second-order valence-corrected chi connectivity index (χ2v) is 8.56. The van der Waals surface area contributed by atoms with E-state index in [1.165, 1.54) is 6.26 Å². The first-order chi connectivity index (χ1) is 10.4. The van der Waals surface area contributed by atoms with E-state index in [2.05, 4.69) is 9.47 Å². The maximum Gasteiger partial charge on any atom is 0.270 e. The monoisotopic (exact) mass is 325 g/mol. The molecule has 1 aliphatic heterocycles. The molecular formula is C15H23N3O3S. The zero-order chi connectivity index (χ0) is 15.7. The van der Waals surface area contributed by atoms with Gasteiger partial charge >= 0.3 is 0 Å². The van der Waals surface area contributed by atoms with Gasteiger partial charge in [0.25, 0.3) is 5.91 Å². The van der Waals surface area contributed by atoms with Gasteiger partial charge in [0.05, 0.1) is 5.75 Å². The topological polar surface area (TPSA) is 62.6 Å². The summed E-state index contributed by atoms with van der Waals surface area (Å²) in [7, 11) is -2.92. The molecular weight excluding hydrogens is 302 g/mol. The fourth-order valence-corrected chi connectivity index (χ4v) is 3.47. The molecule has 6 nitrogen and oxygen atoms in total. The third-order valence-electron chi connectivity index (χ3n) is 4.38. The number of hydrogen-bond acceptors (Lipinski definition) is 4. The van der Waals surface area contributed by atoms with Crippen LogP contribution in [0, 0.1) is 0 Å². The van der Waals surface area contributed by atoms with E-state index >= 15 is 0 Å². The van der Waals surface area contributed by atoms with Crippen molar-refractivity contribution in [1.29, 1.82) is 0 Å². The van der Waals surface area contributed by atoms with Crippen LogP contribution in [0.3, 0.4) is 0 Å². The van der Waals surface area contributed by atoms with Crippen LogP contribution < -0.4 is 0 Å². The minimum absolute atomic E-state index is 0.0969. The minimum Gasteiger partial charge on any atom is -0.340 e. The van der Waals surface area contributed by atoms with Crippen molar-refractivity contribution in [3.05, 3.63) is 24.0 Å². The van der Waals surface area contributed by atoms with E-state index in [0.717, 1.165) is 31.6 Å². The Bertz CT molecular complexity index is 641. The predicted octanol–water partition coefficient (Wildman–Crippen LogP) is 0.625. The summed E-state index contributed by atoms with van der Waals surface area (Å²) < 4.78 is 24.5. The molecule has 0 aromatic carbocycles. The van der Waals surface area contributed by atoms with E-state index in [9.17, 15) is 13.2 Å². The molecule has 1 aromatic heterocycles. The second kappa shape index (κ2) is 6.04. The third-order valence-corrected chi connectivity index (χ3v) is 5.30. The Morgan fingerprint density at radius 2 is 1.91 bits per heavy atom. The molecule has 1 aliphatic carbocycles. The van der Waals surface area contributed by atoms with Crippen LogP contribution in [0.25, 0.3) is 0 Å². The molecule has 0 atom stereocenters. The molecule has 122 valence electrons. The first-order valence-corrected chi connectivity index (χ1v) is 9.86. The number of rotatable bonds is 5. The van der Waals surface area contributed by atoms with Crippen LogP contribution >= 0.6 is 0 Å². The summed E-state index contributed by atoms with van der Waals surface area (Å²) in [6, 6.07) is 4.34. The summed E-state index contributed by atoms with van der Waals surface area (Å²) in [6.07, 6.45) is 5.58. The van der Waals surface area contributed by atoms with Gasteiger partial charge in [-0.1, -0.05) is 0 Å². The maximum absolute atomic E-state index is 12.6. The minimum atomic E-state index is -2.92. The number of hydrogen-bond donors (Lipinski definition) is 0. The van der Waals surface area contributed by atoms with Gasteiger partial charge < -0.3 is 9.47 Å². The maximum atomic E-state index is 12.6. The van der Waals surface area contributed by atoms with Crippen LogP contribution in [0.1, 0.15) is 29.4 Å². The summed E-state index contributed by atoms with van der Waals surface area (Å²) in [5, 5.41) is 0. The highest BCUT2D eigenvalue weighted by atomic mass is 32.2. The lowest BCUT2D eigenvalue weighted by atomic mass is 10.2. The Kier molecular flexibility index (Phi) is 4.27. The van der Waals surface area contributed by atoms with Crippen molar-refractivity contribution in [3.8, 4) is 0 Å². The fraction of sp³-hybridized carbons (Fsp3) is 0.667. The zero-order valence-corrected chi connectivity index (χ0v) is 13.8. The largest absolute Gasteiger partial charge is 0.340 e. The smallest absolute Gasteiger partial charge is 0.270 e. The van der Waals surface area contributed by atoms with Crippen molar-refractivity contribution in [2.24, 2.45) is 0 Å². The number of sulfone groups is 1. The number of nitrogens with zero attached hydrogens (tertiary/aromatic N) is 3. The molecule has 0 bridgehead atoms. The van der Waals surface area contributed by atoms with E-state index in [0.29, 0.717) is 25.7 Å². The number of piperazine rings is 1. The van der Waals surface area contributed by atoms with Crippen molar-refractivity contribution < 1.29 is 13.2 Å². The van der Waals surface area contributed by atoms with E-state index in [4.69, 9.17) is 0 Å². The quantitative estimate of drug-likeness (QED) is 0.796. The fourth-order valence-electron chi connectivity index (χ4n) is 2.88. The van der Waals surface area contributed by atoms with Crippen molar-refractivity contribution in [1.82, 2.24) is 14.4 Å². The Morgan fingerprint density at radius 1 is 1.23 bits per heavy atom. The molecule has 2 aliphatic rings. The Labute approximate surface area is 131 Å². The third kappa shape index (κ3) is 3.70. The van der Waals surface area contributed by atoms with Crippen molar-refractivity contribution in [2.45, 2.75) is 18.9 Å². The lowest BCUT2D eigenvalue weighted by Crippen LogP contribution is -2.49. The SMILES string of the molecule is CS(=O)(=O)CCN1CCN(C(=O)c2cccn2C2CC2)CC1. The summed E-state index contributed by atoms with van der Waals surface area (Å²) in [5.41, 5.74) is 0.784. The molecule has 1 amide bonds. The summed E-state index contributed by atoms with van der Waals surface area (Å²) in [4.78, 5) is 16.6. The van der Waals surface area contributed by atoms with Crippen molar-refractivity contribution in [2.75, 3.05) is 44.7 Å². The van der Waals surface area contributed by atoms with Gasteiger partial charge in [-0.15, -0.1) is 0 Å². The number of aromatic nitrogens is 1. The van der Waals surface area contributed by atoms with Gasteiger partial charge in [0.1, 0.15) is 15.5 Å². The first-order valence-electron chi connectivity index (χ1n) is 7.80. The molecule has 1 saturated carbocycles. The highest BCUT2D eigenvalue weighted by Crippen LogP contribution is 2.36. The summed E-state index contributed by atoms with van der Waals surface area (Å²) in [5.74, 6) is 0.283. The lowest BCUT2D eigenvalue weighted by Gasteiger charge is -2.34. The van der Waals surface area contributed by atoms with Gasteiger partial charge in [-0.25, -0.2) is 8.42 Å². The normalized spacial score (nSPS) is 20.3. The van der Waals surface area contributed by atoms with Crippen LogP contribution in [0.5, 0.6) is 0 Å². The van der Waals surface area contributed by atoms with Gasteiger partial charge in [0.15, 0.2) is 0 Å². The van der Waals surface area contributed by atoms with Gasteiger partial charge in [0.2, 0.25) is 0 Å². The number of carbonyl (C=O) groups excluding carboxylic acids is 1. The molecule has 1 aromatic rings. The average Bonchev–Trinajstić information content (AvgIpc) is 3.21. The van der Waals surface area contributed by atoms with E-state index in [1.807, 2.05) is 23.2 Å². The molecule has 0 radical (unpaired) electrons. The molecule has 0 spiro atoms. The Hall–Kier alpha value is -1.34. The van der Waals surface area contributed by atoms with E-state index in [1.54, 1.807) is 0 Å². The molecule has 3 rings (SSSR count). The van der Waals surface area contributed by atoms with Crippen LogP contribution in [0.4, 0.5) is 0 Å². The van der Waals surface area contributed by atoms with Crippen LogP contribution in [0.2, 0.25) is 0 Å². The van der Waals surface area contributed by atoms with Gasteiger partial charge in [-0.2, -0.15) is 0 Å². The van der Waals surface area contributed by atoms with Gasteiger partial charge in [0, 0.05) is 51.2 Å².